The van der Waals surface area contributed by atoms with E-state index in [4.69, 9.17) is 9.15 Å². The first-order chi connectivity index (χ1) is 14.4. The van der Waals surface area contributed by atoms with Crippen LogP contribution < -0.4 is 4.74 Å². The van der Waals surface area contributed by atoms with Gasteiger partial charge in [-0.15, -0.1) is 0 Å². The van der Waals surface area contributed by atoms with Gasteiger partial charge < -0.3 is 14.3 Å². The third kappa shape index (κ3) is 3.18. The molecule has 0 saturated heterocycles. The van der Waals surface area contributed by atoms with Crippen molar-refractivity contribution in [3.05, 3.63) is 72.5 Å². The number of benzene rings is 2. The van der Waals surface area contributed by atoms with Gasteiger partial charge in [0, 0.05) is 11.9 Å². The number of furan rings is 1. The van der Waals surface area contributed by atoms with Crippen molar-refractivity contribution < 1.29 is 27.5 Å². The van der Waals surface area contributed by atoms with Crippen LogP contribution in [0.2, 0.25) is 0 Å². The van der Waals surface area contributed by atoms with E-state index in [9.17, 15) is 18.3 Å². The Balaban J connectivity index is 1.91. The third-order valence-electron chi connectivity index (χ3n) is 5.37. The summed E-state index contributed by atoms with van der Waals surface area (Å²) >= 11 is 0. The zero-order valence-electron chi connectivity index (χ0n) is 16.3. The number of fused-ring (bicyclic) bond motifs is 1. The molecule has 2 heterocycles. The highest BCUT2D eigenvalue weighted by Crippen LogP contribution is 2.41. The Hall–Kier alpha value is -3.10. The van der Waals surface area contributed by atoms with E-state index >= 15 is 0 Å². The summed E-state index contributed by atoms with van der Waals surface area (Å²) in [5.74, 6) is -0.675. The van der Waals surface area contributed by atoms with Crippen molar-refractivity contribution >= 4 is 27.0 Å². The average Bonchev–Trinajstić information content (AvgIpc) is 3.04. The van der Waals surface area contributed by atoms with Crippen LogP contribution in [-0.2, 0) is 20.4 Å². The number of carboxylic acid groups (broad SMARTS) is 1. The summed E-state index contributed by atoms with van der Waals surface area (Å²) in [7, 11) is -2.68. The van der Waals surface area contributed by atoms with Crippen LogP contribution in [-0.4, -0.2) is 37.5 Å². The zero-order valence-corrected chi connectivity index (χ0v) is 17.1. The third-order valence-corrected chi connectivity index (χ3v) is 7.28. The second kappa shape index (κ2) is 7.62. The molecule has 4 rings (SSSR count). The highest BCUT2D eigenvalue weighted by Gasteiger charge is 2.53. The second-order valence-corrected chi connectivity index (χ2v) is 8.90. The molecule has 0 amide bonds. The van der Waals surface area contributed by atoms with Crippen LogP contribution >= 0.6 is 0 Å². The van der Waals surface area contributed by atoms with Crippen LogP contribution in [0.3, 0.4) is 0 Å². The number of ether oxygens (including phenoxy) is 1. The molecule has 8 heteroatoms. The van der Waals surface area contributed by atoms with Crippen molar-refractivity contribution in [2.24, 2.45) is 0 Å². The van der Waals surface area contributed by atoms with Gasteiger partial charge in [0.25, 0.3) is 0 Å². The Bertz CT molecular complexity index is 1180. The van der Waals surface area contributed by atoms with Crippen molar-refractivity contribution in [1.29, 1.82) is 0 Å². The summed E-state index contributed by atoms with van der Waals surface area (Å²) in [5.41, 5.74) is -1.37. The van der Waals surface area contributed by atoms with Crippen molar-refractivity contribution in [2.75, 3.05) is 13.7 Å². The van der Waals surface area contributed by atoms with Gasteiger partial charge in [0.1, 0.15) is 17.1 Å². The summed E-state index contributed by atoms with van der Waals surface area (Å²) in [6, 6.07) is 14.6. The summed E-state index contributed by atoms with van der Waals surface area (Å²) < 4.78 is 39.2. The molecule has 7 nitrogen and oxygen atoms in total. The Morgan fingerprint density at radius 2 is 1.87 bits per heavy atom. The standard InChI is InChI=1S/C22H21NO6S/c1-28-17-9-11-18(12-10-17)30(26,27)23-14-6-2-5-13-22(23,21(24)25)20-15-16-7-3-4-8-19(16)29-20/h2-4,6-12,15H,5,13-14H2,1H3,(H,24,25). The number of para-hydroxylation sites is 1. The normalized spacial score (nSPS) is 20.2. The molecule has 3 aromatic rings. The van der Waals surface area contributed by atoms with Crippen molar-refractivity contribution in [3.8, 4) is 5.75 Å². The Morgan fingerprint density at radius 3 is 2.53 bits per heavy atom. The van der Waals surface area contributed by atoms with Crippen molar-refractivity contribution in [2.45, 2.75) is 23.3 Å². The fourth-order valence-electron chi connectivity index (χ4n) is 3.79. The van der Waals surface area contributed by atoms with E-state index in [0.29, 0.717) is 23.1 Å². The predicted octanol–water partition coefficient (Wildman–Crippen LogP) is 3.76. The number of hydrogen-bond donors (Lipinski definition) is 1. The minimum atomic E-state index is -4.16. The van der Waals surface area contributed by atoms with Gasteiger partial charge in [-0.25, -0.2) is 13.2 Å². The minimum Gasteiger partial charge on any atom is -0.497 e. The Kier molecular flexibility index (Phi) is 5.13. The van der Waals surface area contributed by atoms with Crippen LogP contribution in [0.1, 0.15) is 18.6 Å². The fourth-order valence-corrected chi connectivity index (χ4v) is 5.48. The zero-order chi connectivity index (χ0) is 21.4. The molecule has 0 saturated carbocycles. The lowest BCUT2D eigenvalue weighted by atomic mass is 9.90. The van der Waals surface area contributed by atoms with Crippen molar-refractivity contribution in [1.82, 2.24) is 4.31 Å². The monoisotopic (exact) mass is 427 g/mol. The number of rotatable bonds is 5. The maximum Gasteiger partial charge on any atom is 0.333 e. The number of sulfonamides is 1. The Labute approximate surface area is 174 Å². The van der Waals surface area contributed by atoms with Crippen molar-refractivity contribution in [3.63, 3.8) is 0 Å². The largest absolute Gasteiger partial charge is 0.497 e. The lowest BCUT2D eigenvalue weighted by molar-refractivity contribution is -0.150. The summed E-state index contributed by atoms with van der Waals surface area (Å²) in [4.78, 5) is 12.7. The van der Waals surface area contributed by atoms with Gasteiger partial charge in [0.2, 0.25) is 10.0 Å². The first-order valence-corrected chi connectivity index (χ1v) is 10.9. The van der Waals surface area contributed by atoms with Crippen LogP contribution in [0.25, 0.3) is 11.0 Å². The maximum atomic E-state index is 13.6. The van der Waals surface area contributed by atoms with E-state index in [-0.39, 0.29) is 23.6 Å². The molecule has 0 aliphatic carbocycles. The highest BCUT2D eigenvalue weighted by atomic mass is 32.2. The molecule has 0 bridgehead atoms. The van der Waals surface area contributed by atoms with Gasteiger partial charge >= 0.3 is 5.97 Å². The molecular weight excluding hydrogens is 406 g/mol. The summed E-state index contributed by atoms with van der Waals surface area (Å²) in [5, 5.41) is 11.1. The summed E-state index contributed by atoms with van der Waals surface area (Å²) in [6.07, 6.45) is 3.92. The van der Waals surface area contributed by atoms with E-state index in [1.54, 1.807) is 36.4 Å². The van der Waals surface area contributed by atoms with E-state index in [0.717, 1.165) is 4.31 Å². The Morgan fingerprint density at radius 1 is 1.13 bits per heavy atom. The lowest BCUT2D eigenvalue weighted by Crippen LogP contribution is -2.54. The van der Waals surface area contributed by atoms with Gasteiger partial charge in [-0.1, -0.05) is 30.4 Å². The van der Waals surface area contributed by atoms with E-state index in [1.165, 1.54) is 31.4 Å². The number of allylic oxidation sites excluding steroid dienone is 1. The number of carbonyl (C=O) groups is 1. The first kappa shape index (κ1) is 20.2. The highest BCUT2D eigenvalue weighted by molar-refractivity contribution is 7.89. The van der Waals surface area contributed by atoms with Crippen LogP contribution in [0.5, 0.6) is 5.75 Å². The van der Waals surface area contributed by atoms with Gasteiger partial charge in [-0.2, -0.15) is 4.31 Å². The molecule has 0 radical (unpaired) electrons. The van der Waals surface area contributed by atoms with Gasteiger partial charge in [0.05, 0.1) is 12.0 Å². The molecule has 1 unspecified atom stereocenters. The number of nitrogens with zero attached hydrogens (tertiary/aromatic N) is 1. The molecule has 1 aromatic heterocycles. The maximum absolute atomic E-state index is 13.6. The molecule has 1 atom stereocenters. The van der Waals surface area contributed by atoms with Crippen LogP contribution in [0, 0.1) is 0 Å². The first-order valence-electron chi connectivity index (χ1n) is 9.44. The molecular formula is C22H21NO6S. The predicted molar refractivity (Wildman–Crippen MR) is 111 cm³/mol. The number of hydrogen-bond acceptors (Lipinski definition) is 5. The van der Waals surface area contributed by atoms with Gasteiger partial charge in [-0.05, 0) is 49.2 Å². The minimum absolute atomic E-state index is 0.0136. The topological polar surface area (TPSA) is 97.1 Å². The average molecular weight is 427 g/mol. The number of carboxylic acids is 1. The lowest BCUT2D eigenvalue weighted by Gasteiger charge is -2.36. The molecule has 30 heavy (non-hydrogen) atoms. The molecule has 1 N–H and O–H groups in total. The van der Waals surface area contributed by atoms with Gasteiger partial charge in [-0.3, -0.25) is 0 Å². The van der Waals surface area contributed by atoms with Crippen LogP contribution in [0.4, 0.5) is 0 Å². The quantitative estimate of drug-likeness (QED) is 0.623. The van der Waals surface area contributed by atoms with E-state index in [1.807, 2.05) is 6.07 Å². The molecule has 1 aliphatic heterocycles. The van der Waals surface area contributed by atoms with Crippen LogP contribution in [0.15, 0.2) is 76.1 Å². The molecule has 0 fully saturated rings. The number of aliphatic carboxylic acids is 1. The smallest absolute Gasteiger partial charge is 0.333 e. The van der Waals surface area contributed by atoms with E-state index in [2.05, 4.69) is 0 Å². The SMILES string of the molecule is COc1ccc(S(=O)(=O)N2CC=CCCC2(C(=O)O)c2cc3ccccc3o2)cc1. The summed E-state index contributed by atoms with van der Waals surface area (Å²) in [6.45, 7) is -0.0856. The number of methoxy groups -OCH3 is 1. The fraction of sp³-hybridized carbons (Fsp3) is 0.227. The molecule has 0 spiro atoms. The van der Waals surface area contributed by atoms with Gasteiger partial charge in [0.15, 0.2) is 5.54 Å². The van der Waals surface area contributed by atoms with E-state index < -0.39 is 21.5 Å². The molecule has 1 aliphatic rings. The molecule has 2 aromatic carbocycles. The molecule has 156 valence electrons. The second-order valence-electron chi connectivity index (χ2n) is 7.04.